The van der Waals surface area contributed by atoms with Crippen LogP contribution < -0.4 is 15.1 Å². The highest BCUT2D eigenvalue weighted by Gasteiger charge is 2.35. The number of hydrogen-bond donors (Lipinski definition) is 1. The molecule has 0 bridgehead atoms. The minimum absolute atomic E-state index is 0.0555. The molecule has 1 atom stereocenters. The number of rotatable bonds is 4. The molecule has 1 unspecified atom stereocenters. The van der Waals surface area contributed by atoms with Gasteiger partial charge in [-0.1, -0.05) is 0 Å². The summed E-state index contributed by atoms with van der Waals surface area (Å²) in [6, 6.07) is 7.27. The molecule has 1 fully saturated rings. The van der Waals surface area contributed by atoms with Gasteiger partial charge in [-0.25, -0.2) is 4.98 Å². The molecule has 0 spiro atoms. The zero-order valence-corrected chi connectivity index (χ0v) is 15.0. The Hall–Kier alpha value is -3.02. The highest BCUT2D eigenvalue weighted by molar-refractivity contribution is 5.56. The van der Waals surface area contributed by atoms with Gasteiger partial charge in [0.15, 0.2) is 0 Å². The van der Waals surface area contributed by atoms with Gasteiger partial charge in [-0.15, -0.1) is 0 Å². The largest absolute Gasteiger partial charge is 0.417 e. The summed E-state index contributed by atoms with van der Waals surface area (Å²) in [6.45, 7) is 1.16. The first-order valence-corrected chi connectivity index (χ1v) is 8.41. The van der Waals surface area contributed by atoms with Crippen LogP contribution in [0.15, 0.2) is 30.5 Å². The van der Waals surface area contributed by atoms with E-state index in [0.29, 0.717) is 30.5 Å². The molecular formula is C18H19F3N6. The Kier molecular flexibility index (Phi) is 5.08. The molecule has 9 heteroatoms. The van der Waals surface area contributed by atoms with E-state index in [1.54, 1.807) is 29.3 Å². The number of nitrogens with one attached hydrogen (secondary N) is 1. The van der Waals surface area contributed by atoms with Crippen LogP contribution >= 0.6 is 0 Å². The summed E-state index contributed by atoms with van der Waals surface area (Å²) in [4.78, 5) is 12.2. The Labute approximate surface area is 155 Å². The van der Waals surface area contributed by atoms with Gasteiger partial charge in [0.25, 0.3) is 0 Å². The molecule has 2 aromatic rings. The van der Waals surface area contributed by atoms with Gasteiger partial charge >= 0.3 is 6.18 Å². The number of benzene rings is 1. The molecule has 1 aliphatic rings. The zero-order chi connectivity index (χ0) is 19.6. The van der Waals surface area contributed by atoms with Crippen LogP contribution in [0.1, 0.15) is 17.5 Å². The van der Waals surface area contributed by atoms with E-state index in [2.05, 4.69) is 15.3 Å². The summed E-state index contributed by atoms with van der Waals surface area (Å²) in [7, 11) is 3.69. The van der Waals surface area contributed by atoms with Crippen LogP contribution in [0, 0.1) is 11.3 Å². The quantitative estimate of drug-likeness (QED) is 0.884. The number of alkyl halides is 3. The van der Waals surface area contributed by atoms with E-state index >= 15 is 0 Å². The molecule has 1 aromatic heterocycles. The molecule has 0 amide bonds. The average Bonchev–Trinajstić information content (AvgIpc) is 3.09. The van der Waals surface area contributed by atoms with Gasteiger partial charge in [0.05, 0.1) is 17.2 Å². The van der Waals surface area contributed by atoms with Crippen molar-refractivity contribution in [2.75, 3.05) is 42.3 Å². The van der Waals surface area contributed by atoms with Crippen LogP contribution in [0.25, 0.3) is 0 Å². The summed E-state index contributed by atoms with van der Waals surface area (Å²) < 4.78 is 39.5. The van der Waals surface area contributed by atoms with Crippen LogP contribution in [0.4, 0.5) is 30.6 Å². The smallest absolute Gasteiger partial charge is 0.369 e. The molecule has 1 N–H and O–H groups in total. The summed E-state index contributed by atoms with van der Waals surface area (Å²) in [5.41, 5.74) is -0.801. The molecule has 2 heterocycles. The Balaban J connectivity index is 1.73. The molecular weight excluding hydrogens is 357 g/mol. The van der Waals surface area contributed by atoms with Crippen molar-refractivity contribution < 1.29 is 13.2 Å². The normalized spacial score (nSPS) is 16.9. The maximum atomic E-state index is 13.2. The van der Waals surface area contributed by atoms with Crippen LogP contribution in [-0.2, 0) is 6.18 Å². The first kappa shape index (κ1) is 18.8. The monoisotopic (exact) mass is 376 g/mol. The predicted molar refractivity (Wildman–Crippen MR) is 96.8 cm³/mol. The van der Waals surface area contributed by atoms with Gasteiger partial charge in [-0.05, 0) is 30.7 Å². The van der Waals surface area contributed by atoms with E-state index in [0.717, 1.165) is 12.5 Å². The first-order chi connectivity index (χ1) is 12.8. The van der Waals surface area contributed by atoms with E-state index in [1.807, 2.05) is 19.0 Å². The number of anilines is 3. The van der Waals surface area contributed by atoms with Gasteiger partial charge in [-0.3, -0.25) is 0 Å². The molecule has 142 valence electrons. The van der Waals surface area contributed by atoms with Crippen molar-refractivity contribution in [2.45, 2.75) is 18.6 Å². The minimum Gasteiger partial charge on any atom is -0.369 e. The molecule has 0 aliphatic carbocycles. The van der Waals surface area contributed by atoms with Crippen molar-refractivity contribution in [1.29, 1.82) is 5.26 Å². The van der Waals surface area contributed by atoms with Crippen molar-refractivity contribution >= 4 is 17.5 Å². The molecule has 1 aliphatic heterocycles. The summed E-state index contributed by atoms with van der Waals surface area (Å²) >= 11 is 0. The number of nitriles is 1. The molecule has 27 heavy (non-hydrogen) atoms. The number of halogens is 3. The number of aromatic nitrogens is 2. The fourth-order valence-corrected chi connectivity index (χ4v) is 3.03. The van der Waals surface area contributed by atoms with Crippen LogP contribution in [0.2, 0.25) is 0 Å². The van der Waals surface area contributed by atoms with Crippen LogP contribution in [-0.4, -0.2) is 43.2 Å². The summed E-state index contributed by atoms with van der Waals surface area (Å²) in [5, 5.41) is 12.2. The first-order valence-electron chi connectivity index (χ1n) is 8.41. The van der Waals surface area contributed by atoms with Crippen molar-refractivity contribution in [2.24, 2.45) is 0 Å². The standard InChI is InChI=1S/C18H19F3N6/c1-26(2)17-23-7-5-16(25-17)24-13-6-8-27(11-13)14-4-3-12(10-22)15(9-14)18(19,20)21/h3-5,7,9,13H,6,8,11H2,1-2H3,(H,23,24,25). The van der Waals surface area contributed by atoms with Gasteiger partial charge < -0.3 is 15.1 Å². The van der Waals surface area contributed by atoms with Gasteiger partial charge in [0, 0.05) is 45.1 Å². The molecule has 3 rings (SSSR count). The number of hydrogen-bond acceptors (Lipinski definition) is 6. The SMILES string of the molecule is CN(C)c1nccc(NC2CCN(c3ccc(C#N)c(C(F)(F)F)c3)C2)n1. The lowest BCUT2D eigenvalue weighted by Gasteiger charge is -2.21. The summed E-state index contributed by atoms with van der Waals surface area (Å²) in [5.74, 6) is 1.26. The Morgan fingerprint density at radius 2 is 2.07 bits per heavy atom. The van der Waals surface area contributed by atoms with E-state index in [9.17, 15) is 13.2 Å². The predicted octanol–water partition coefficient (Wildman–Crippen LogP) is 3.12. The minimum atomic E-state index is -4.55. The second-order valence-electron chi connectivity index (χ2n) is 6.55. The van der Waals surface area contributed by atoms with Crippen molar-refractivity contribution in [3.05, 3.63) is 41.6 Å². The zero-order valence-electron chi connectivity index (χ0n) is 15.0. The second kappa shape index (κ2) is 7.31. The topological polar surface area (TPSA) is 68.1 Å². The van der Waals surface area contributed by atoms with E-state index in [-0.39, 0.29) is 11.6 Å². The molecule has 6 nitrogen and oxygen atoms in total. The molecule has 0 saturated carbocycles. The Morgan fingerprint density at radius 1 is 1.30 bits per heavy atom. The van der Waals surface area contributed by atoms with Crippen molar-refractivity contribution in [3.8, 4) is 6.07 Å². The van der Waals surface area contributed by atoms with Crippen molar-refractivity contribution in [1.82, 2.24) is 9.97 Å². The Bertz CT molecular complexity index is 859. The van der Waals surface area contributed by atoms with Gasteiger partial charge in [-0.2, -0.15) is 23.4 Å². The lowest BCUT2D eigenvalue weighted by Crippen LogP contribution is -2.27. The third-order valence-electron chi connectivity index (χ3n) is 4.38. The van der Waals surface area contributed by atoms with Crippen LogP contribution in [0.3, 0.4) is 0 Å². The van der Waals surface area contributed by atoms with Crippen molar-refractivity contribution in [3.63, 3.8) is 0 Å². The maximum absolute atomic E-state index is 13.2. The molecule has 1 saturated heterocycles. The average molecular weight is 376 g/mol. The lowest BCUT2D eigenvalue weighted by molar-refractivity contribution is -0.137. The fraction of sp³-hybridized carbons (Fsp3) is 0.389. The highest BCUT2D eigenvalue weighted by Crippen LogP contribution is 2.35. The third-order valence-corrected chi connectivity index (χ3v) is 4.38. The van der Waals surface area contributed by atoms with E-state index < -0.39 is 11.7 Å². The van der Waals surface area contributed by atoms with E-state index in [1.165, 1.54) is 6.07 Å². The van der Waals surface area contributed by atoms with Crippen LogP contribution in [0.5, 0.6) is 0 Å². The fourth-order valence-electron chi connectivity index (χ4n) is 3.03. The second-order valence-corrected chi connectivity index (χ2v) is 6.55. The lowest BCUT2D eigenvalue weighted by atomic mass is 10.1. The number of nitrogens with zero attached hydrogens (tertiary/aromatic N) is 5. The molecule has 1 aromatic carbocycles. The third kappa shape index (κ3) is 4.22. The van der Waals surface area contributed by atoms with Gasteiger partial charge in [0.1, 0.15) is 5.82 Å². The summed E-state index contributed by atoms with van der Waals surface area (Å²) in [6.07, 6.45) is -2.13. The highest BCUT2D eigenvalue weighted by atomic mass is 19.4. The molecule has 0 radical (unpaired) electrons. The maximum Gasteiger partial charge on any atom is 0.417 e. The van der Waals surface area contributed by atoms with E-state index in [4.69, 9.17) is 5.26 Å². The van der Waals surface area contributed by atoms with Gasteiger partial charge in [0.2, 0.25) is 5.95 Å². The Morgan fingerprint density at radius 3 is 2.74 bits per heavy atom.